The van der Waals surface area contributed by atoms with Crippen LogP contribution in [-0.4, -0.2) is 53.1 Å². The van der Waals surface area contributed by atoms with Gasteiger partial charge < -0.3 is 14.2 Å². The number of hydrogen-bond acceptors (Lipinski definition) is 11. The molecule has 0 bridgehead atoms. The van der Waals surface area contributed by atoms with Gasteiger partial charge in [-0.05, 0) is 0 Å². The van der Waals surface area contributed by atoms with E-state index in [-0.39, 0.29) is 13.2 Å². The molecule has 4 aromatic heterocycles. The van der Waals surface area contributed by atoms with Gasteiger partial charge in [-0.2, -0.15) is 0 Å². The Morgan fingerprint density at radius 1 is 0.548 bits per heavy atom. The molecule has 0 aliphatic carbocycles. The standard InChI is InChI=1S/C20H18N8O3/c1-3-27-17(9-21-1)19(30-15-5-23-13-24-6-15)11-29-12-20(18-10-22-2-4-28-18)31-16-7-25-14-26-8-16/h1-10,13-14,19-20H,11-12H2. The summed E-state index contributed by atoms with van der Waals surface area (Å²) in [6, 6.07) is 0. The minimum atomic E-state index is -0.526. The molecule has 2 unspecified atom stereocenters. The van der Waals surface area contributed by atoms with Crippen LogP contribution in [0.25, 0.3) is 0 Å². The van der Waals surface area contributed by atoms with E-state index >= 15 is 0 Å². The van der Waals surface area contributed by atoms with Crippen molar-refractivity contribution in [3.8, 4) is 11.5 Å². The van der Waals surface area contributed by atoms with Gasteiger partial charge >= 0.3 is 0 Å². The van der Waals surface area contributed by atoms with Gasteiger partial charge in [0.25, 0.3) is 0 Å². The fourth-order valence-electron chi connectivity index (χ4n) is 2.62. The smallest absolute Gasteiger partial charge is 0.165 e. The van der Waals surface area contributed by atoms with E-state index in [9.17, 15) is 0 Å². The number of aromatic nitrogens is 8. The Hall–Kier alpha value is -4.12. The van der Waals surface area contributed by atoms with Crippen LogP contribution in [0, 0.1) is 0 Å². The molecule has 0 aliphatic rings. The molecule has 0 N–H and O–H groups in total. The molecule has 11 nitrogen and oxygen atoms in total. The normalized spacial score (nSPS) is 12.6. The number of nitrogens with zero attached hydrogens (tertiary/aromatic N) is 8. The number of rotatable bonds is 10. The molecule has 156 valence electrons. The minimum absolute atomic E-state index is 0.180. The molecular formula is C20H18N8O3. The Morgan fingerprint density at radius 3 is 1.39 bits per heavy atom. The molecule has 0 spiro atoms. The van der Waals surface area contributed by atoms with Gasteiger partial charge in [0.15, 0.2) is 23.7 Å². The summed E-state index contributed by atoms with van der Waals surface area (Å²) in [6.07, 6.45) is 17.7. The van der Waals surface area contributed by atoms with Gasteiger partial charge in [0.05, 0.1) is 50.4 Å². The summed E-state index contributed by atoms with van der Waals surface area (Å²) in [5, 5.41) is 0. The molecule has 4 rings (SSSR count). The lowest BCUT2D eigenvalue weighted by molar-refractivity contribution is 0.00389. The Bertz CT molecular complexity index is 944. The zero-order valence-corrected chi connectivity index (χ0v) is 16.3. The van der Waals surface area contributed by atoms with E-state index in [1.807, 2.05) is 0 Å². The van der Waals surface area contributed by atoms with E-state index in [2.05, 4.69) is 39.9 Å². The monoisotopic (exact) mass is 418 g/mol. The summed E-state index contributed by atoms with van der Waals surface area (Å²) in [5.41, 5.74) is 1.22. The Kier molecular flexibility index (Phi) is 6.89. The lowest BCUT2D eigenvalue weighted by Gasteiger charge is -2.21. The summed E-state index contributed by atoms with van der Waals surface area (Å²) in [6.45, 7) is 0.359. The molecule has 2 atom stereocenters. The van der Waals surface area contributed by atoms with Crippen LogP contribution in [0.2, 0.25) is 0 Å². The van der Waals surface area contributed by atoms with Crippen molar-refractivity contribution in [3.05, 3.63) is 86.0 Å². The highest BCUT2D eigenvalue weighted by molar-refractivity contribution is 5.14. The molecular weight excluding hydrogens is 400 g/mol. The van der Waals surface area contributed by atoms with E-state index in [1.165, 1.54) is 12.7 Å². The van der Waals surface area contributed by atoms with Crippen LogP contribution < -0.4 is 9.47 Å². The lowest BCUT2D eigenvalue weighted by Crippen LogP contribution is -2.21. The molecule has 0 saturated carbocycles. The summed E-state index contributed by atoms with van der Waals surface area (Å²) in [5.74, 6) is 0.981. The molecule has 0 saturated heterocycles. The van der Waals surface area contributed by atoms with E-state index < -0.39 is 12.2 Å². The second-order valence-electron chi connectivity index (χ2n) is 6.16. The van der Waals surface area contributed by atoms with Crippen LogP contribution in [0.5, 0.6) is 11.5 Å². The van der Waals surface area contributed by atoms with E-state index in [0.717, 1.165) is 0 Å². The van der Waals surface area contributed by atoms with Crippen LogP contribution in [0.3, 0.4) is 0 Å². The van der Waals surface area contributed by atoms with E-state index in [0.29, 0.717) is 22.9 Å². The van der Waals surface area contributed by atoms with Crippen LogP contribution in [0.1, 0.15) is 23.6 Å². The molecule has 4 heterocycles. The fourth-order valence-corrected chi connectivity index (χ4v) is 2.62. The third-order valence-corrected chi connectivity index (χ3v) is 3.99. The van der Waals surface area contributed by atoms with Crippen LogP contribution in [0.15, 0.2) is 74.6 Å². The van der Waals surface area contributed by atoms with Crippen molar-refractivity contribution in [2.24, 2.45) is 0 Å². The zero-order valence-electron chi connectivity index (χ0n) is 16.3. The van der Waals surface area contributed by atoms with E-state index in [4.69, 9.17) is 14.2 Å². The minimum Gasteiger partial charge on any atom is -0.478 e. The molecule has 11 heteroatoms. The number of ether oxygens (including phenoxy) is 3. The van der Waals surface area contributed by atoms with Gasteiger partial charge in [-0.1, -0.05) is 0 Å². The number of hydrogen-bond donors (Lipinski definition) is 0. The molecule has 4 aromatic rings. The first kappa shape index (κ1) is 20.2. The largest absolute Gasteiger partial charge is 0.478 e. The van der Waals surface area contributed by atoms with Gasteiger partial charge in [-0.25, -0.2) is 19.9 Å². The highest BCUT2D eigenvalue weighted by atomic mass is 16.6. The predicted molar refractivity (Wildman–Crippen MR) is 106 cm³/mol. The summed E-state index contributed by atoms with van der Waals surface area (Å²) >= 11 is 0. The lowest BCUT2D eigenvalue weighted by atomic mass is 10.2. The van der Waals surface area contributed by atoms with Crippen LogP contribution in [-0.2, 0) is 4.74 Å². The van der Waals surface area contributed by atoms with Crippen molar-refractivity contribution in [1.29, 1.82) is 0 Å². The summed E-state index contributed by atoms with van der Waals surface area (Å²) in [7, 11) is 0. The molecule has 0 radical (unpaired) electrons. The van der Waals surface area contributed by atoms with Gasteiger partial charge in [-0.3, -0.25) is 19.9 Å². The quantitative estimate of drug-likeness (QED) is 0.373. The zero-order chi connectivity index (χ0) is 21.1. The van der Waals surface area contributed by atoms with Crippen LogP contribution >= 0.6 is 0 Å². The third-order valence-electron chi connectivity index (χ3n) is 3.99. The van der Waals surface area contributed by atoms with Gasteiger partial charge in [0, 0.05) is 24.8 Å². The first-order valence-corrected chi connectivity index (χ1v) is 9.31. The van der Waals surface area contributed by atoms with Crippen molar-refractivity contribution in [1.82, 2.24) is 39.9 Å². The second-order valence-corrected chi connectivity index (χ2v) is 6.16. The Morgan fingerprint density at radius 2 is 1.00 bits per heavy atom. The van der Waals surface area contributed by atoms with Gasteiger partial charge in [0.2, 0.25) is 0 Å². The van der Waals surface area contributed by atoms with Crippen molar-refractivity contribution >= 4 is 0 Å². The fraction of sp³-hybridized carbons (Fsp3) is 0.200. The van der Waals surface area contributed by atoms with Crippen molar-refractivity contribution in [3.63, 3.8) is 0 Å². The van der Waals surface area contributed by atoms with Crippen molar-refractivity contribution < 1.29 is 14.2 Å². The maximum Gasteiger partial charge on any atom is 0.165 e. The van der Waals surface area contributed by atoms with Crippen LogP contribution in [0.4, 0.5) is 0 Å². The van der Waals surface area contributed by atoms with E-state index in [1.54, 1.807) is 62.0 Å². The molecule has 31 heavy (non-hydrogen) atoms. The van der Waals surface area contributed by atoms with Crippen molar-refractivity contribution in [2.45, 2.75) is 12.2 Å². The maximum atomic E-state index is 5.97. The topological polar surface area (TPSA) is 131 Å². The Balaban J connectivity index is 1.45. The highest BCUT2D eigenvalue weighted by Crippen LogP contribution is 2.22. The van der Waals surface area contributed by atoms with Crippen molar-refractivity contribution in [2.75, 3.05) is 13.2 Å². The summed E-state index contributed by atoms with van der Waals surface area (Å²) < 4.78 is 17.9. The molecule has 0 fully saturated rings. The molecule has 0 aromatic carbocycles. The average Bonchev–Trinajstić information content (AvgIpc) is 2.85. The average molecular weight is 418 g/mol. The predicted octanol–water partition coefficient (Wildman–Crippen LogP) is 1.80. The van der Waals surface area contributed by atoms with Gasteiger partial charge in [0.1, 0.15) is 24.0 Å². The highest BCUT2D eigenvalue weighted by Gasteiger charge is 2.20. The second kappa shape index (κ2) is 10.6. The van der Waals surface area contributed by atoms with Gasteiger partial charge in [-0.15, -0.1) is 0 Å². The SMILES string of the molecule is c1cnc(C(COCC(Oc2cncnc2)c2cnccn2)Oc2cncnc2)cn1. The molecule has 0 amide bonds. The third kappa shape index (κ3) is 5.93. The summed E-state index contributed by atoms with van der Waals surface area (Å²) in [4.78, 5) is 32.7. The molecule has 0 aliphatic heterocycles. The first-order valence-electron chi connectivity index (χ1n) is 9.31. The first-order chi connectivity index (χ1) is 15.4. The Labute approximate surface area is 177 Å². The maximum absolute atomic E-state index is 5.97.